The minimum absolute atomic E-state index is 0.148. The second-order valence-corrected chi connectivity index (χ2v) is 11.1. The van der Waals surface area contributed by atoms with E-state index in [0.29, 0.717) is 11.3 Å². The van der Waals surface area contributed by atoms with Gasteiger partial charge in [0.2, 0.25) is 22.0 Å². The number of carbonyl (C=O) groups excluding carboxylic acids is 3. The van der Waals surface area contributed by atoms with E-state index >= 15 is 0 Å². The number of thiazole rings is 1. The molecular formula is C30H24N6O4S. The molecule has 1 aromatic heterocycles. The summed E-state index contributed by atoms with van der Waals surface area (Å²) in [6.45, 7) is 1.32. The van der Waals surface area contributed by atoms with Crippen LogP contribution in [0.4, 0.5) is 10.5 Å². The Labute approximate surface area is 238 Å². The molecular weight excluding hydrogens is 540 g/mol. The largest absolute Gasteiger partial charge is 0.324 e. The van der Waals surface area contributed by atoms with Gasteiger partial charge in [0.15, 0.2) is 0 Å². The third-order valence-electron chi connectivity index (χ3n) is 8.12. The third kappa shape index (κ3) is 2.98. The molecule has 2 unspecified atom stereocenters. The van der Waals surface area contributed by atoms with Gasteiger partial charge in [-0.2, -0.15) is 4.68 Å². The maximum Gasteiger partial charge on any atom is 0.324 e. The zero-order valence-electron chi connectivity index (χ0n) is 22.4. The predicted octanol–water partition coefficient (Wildman–Crippen LogP) is 1.88. The molecule has 10 nitrogen and oxygen atoms in total. The molecule has 204 valence electrons. The van der Waals surface area contributed by atoms with Gasteiger partial charge in [0.05, 0.1) is 11.3 Å². The fraction of sp³-hybridized carbons (Fsp3) is 0.167. The number of amides is 4. The van der Waals surface area contributed by atoms with Crippen molar-refractivity contribution in [2.45, 2.75) is 18.2 Å². The number of urea groups is 1. The molecule has 0 spiro atoms. The number of anilines is 1. The number of nitrogens with one attached hydrogen (secondary N) is 1. The molecule has 7 rings (SSSR count). The van der Waals surface area contributed by atoms with Crippen LogP contribution in [0.2, 0.25) is 0 Å². The van der Waals surface area contributed by atoms with Crippen molar-refractivity contribution in [3.05, 3.63) is 121 Å². The summed E-state index contributed by atoms with van der Waals surface area (Å²) in [7, 11) is 3.37. The van der Waals surface area contributed by atoms with Gasteiger partial charge < -0.3 is 0 Å². The quantitative estimate of drug-likeness (QED) is 0.400. The molecule has 0 aliphatic carbocycles. The van der Waals surface area contributed by atoms with Crippen LogP contribution >= 0.6 is 11.3 Å². The van der Waals surface area contributed by atoms with Crippen molar-refractivity contribution in [2.24, 2.45) is 4.99 Å². The number of para-hydroxylation sites is 1. The van der Waals surface area contributed by atoms with Crippen LogP contribution < -0.4 is 25.2 Å². The smallest absolute Gasteiger partial charge is 0.295 e. The molecule has 11 heteroatoms. The molecule has 4 amide bonds. The standard InChI is InChI=1S/C30H24N6O4S/c1-18(37)35-22-17-11-10-16-21(22)23(25(35)38)24-26(39)36-27(41-24)31-29(19-12-6-4-7-13-19)30(32-36,20-14-8-5-9-15-20)34(3)28(40)33(29)2/h4-17,32H,1-3H3/b24-23-. The molecule has 0 radical (unpaired) electrons. The molecule has 3 aliphatic rings. The van der Waals surface area contributed by atoms with Gasteiger partial charge >= 0.3 is 6.03 Å². The highest BCUT2D eigenvalue weighted by molar-refractivity contribution is 7.07. The third-order valence-corrected chi connectivity index (χ3v) is 9.16. The maximum atomic E-state index is 14.2. The Kier molecular flexibility index (Phi) is 5.17. The molecule has 2 atom stereocenters. The number of benzene rings is 3. The Hall–Kier alpha value is -5.03. The second-order valence-electron chi connectivity index (χ2n) is 10.1. The van der Waals surface area contributed by atoms with Crippen LogP contribution in [0.5, 0.6) is 0 Å². The molecule has 3 aromatic carbocycles. The lowest BCUT2D eigenvalue weighted by Crippen LogP contribution is -2.67. The number of fused-ring (bicyclic) bond motifs is 3. The SMILES string of the molecule is CC(=O)N1C(=O)/C(=c2\sc3n(c2=O)NC2(c4ccccc4)N(C)C(=O)N(C)C2(c2ccccc2)N=3)c2ccccc21. The van der Waals surface area contributed by atoms with E-state index < -0.39 is 28.7 Å². The molecule has 0 bridgehead atoms. The molecule has 0 saturated carbocycles. The zero-order chi connectivity index (χ0) is 28.7. The van der Waals surface area contributed by atoms with Crippen LogP contribution in [0.25, 0.3) is 5.57 Å². The summed E-state index contributed by atoms with van der Waals surface area (Å²) in [5, 5.41) is 0. The number of nitrogens with zero attached hydrogens (tertiary/aromatic N) is 5. The summed E-state index contributed by atoms with van der Waals surface area (Å²) >= 11 is 1.05. The highest BCUT2D eigenvalue weighted by atomic mass is 32.1. The number of rotatable bonds is 2. The minimum atomic E-state index is -1.33. The van der Waals surface area contributed by atoms with Gasteiger partial charge in [-0.25, -0.2) is 14.7 Å². The van der Waals surface area contributed by atoms with Gasteiger partial charge in [-0.3, -0.25) is 29.6 Å². The van der Waals surface area contributed by atoms with Gasteiger partial charge in [-0.05, 0) is 6.07 Å². The minimum Gasteiger partial charge on any atom is -0.295 e. The summed E-state index contributed by atoms with van der Waals surface area (Å²) in [5.41, 5.74) is 2.81. The lowest BCUT2D eigenvalue weighted by molar-refractivity contribution is -0.122. The van der Waals surface area contributed by atoms with Gasteiger partial charge in [0, 0.05) is 37.7 Å². The maximum absolute atomic E-state index is 14.2. The first-order chi connectivity index (χ1) is 19.7. The second kappa shape index (κ2) is 8.48. The van der Waals surface area contributed by atoms with E-state index in [9.17, 15) is 19.2 Å². The van der Waals surface area contributed by atoms with Crippen molar-refractivity contribution in [3.8, 4) is 0 Å². The van der Waals surface area contributed by atoms with Crippen molar-refractivity contribution < 1.29 is 14.4 Å². The van der Waals surface area contributed by atoms with Crippen LogP contribution in [0.15, 0.2) is 94.7 Å². The van der Waals surface area contributed by atoms with Crippen molar-refractivity contribution in [1.82, 2.24) is 14.5 Å². The normalized spacial score (nSPS) is 24.0. The number of hydrogen-bond acceptors (Lipinski definition) is 7. The number of hydrogen-bond donors (Lipinski definition) is 1. The average Bonchev–Trinajstić information content (AvgIpc) is 3.52. The molecule has 3 aliphatic heterocycles. The number of aromatic nitrogens is 1. The van der Waals surface area contributed by atoms with Gasteiger partial charge in [0.25, 0.3) is 11.5 Å². The van der Waals surface area contributed by atoms with E-state index in [1.807, 2.05) is 60.7 Å². The van der Waals surface area contributed by atoms with E-state index in [1.165, 1.54) is 11.6 Å². The first kappa shape index (κ1) is 25.0. The van der Waals surface area contributed by atoms with Crippen LogP contribution in [0, 0.1) is 0 Å². The van der Waals surface area contributed by atoms with Crippen molar-refractivity contribution in [3.63, 3.8) is 0 Å². The summed E-state index contributed by atoms with van der Waals surface area (Å²) in [6.07, 6.45) is 0. The van der Waals surface area contributed by atoms with E-state index in [-0.39, 0.29) is 20.9 Å². The lowest BCUT2D eigenvalue weighted by atomic mass is 9.80. The fourth-order valence-corrected chi connectivity index (χ4v) is 7.37. The van der Waals surface area contributed by atoms with Crippen molar-refractivity contribution in [1.29, 1.82) is 0 Å². The summed E-state index contributed by atoms with van der Waals surface area (Å²) in [6, 6.07) is 25.5. The Morgan fingerprint density at radius 3 is 2.10 bits per heavy atom. The van der Waals surface area contributed by atoms with E-state index in [4.69, 9.17) is 4.99 Å². The first-order valence-electron chi connectivity index (χ1n) is 13.0. The monoisotopic (exact) mass is 564 g/mol. The van der Waals surface area contributed by atoms with Gasteiger partial charge in [-0.15, -0.1) is 0 Å². The van der Waals surface area contributed by atoms with E-state index in [2.05, 4.69) is 5.43 Å². The van der Waals surface area contributed by atoms with Crippen LogP contribution in [0.3, 0.4) is 0 Å². The summed E-state index contributed by atoms with van der Waals surface area (Å²) in [4.78, 5) is 63.6. The highest BCUT2D eigenvalue weighted by Crippen LogP contribution is 2.53. The molecule has 4 aromatic rings. The van der Waals surface area contributed by atoms with E-state index in [0.717, 1.165) is 27.4 Å². The summed E-state index contributed by atoms with van der Waals surface area (Å²) in [5.74, 6) is -1.00. The van der Waals surface area contributed by atoms with Crippen molar-refractivity contribution in [2.75, 3.05) is 24.4 Å². The molecule has 41 heavy (non-hydrogen) atoms. The van der Waals surface area contributed by atoms with E-state index in [1.54, 1.807) is 48.2 Å². The highest BCUT2D eigenvalue weighted by Gasteiger charge is 2.69. The van der Waals surface area contributed by atoms with Gasteiger partial charge in [-0.1, -0.05) is 90.2 Å². The number of carbonyl (C=O) groups is 3. The molecule has 1 saturated heterocycles. The van der Waals surface area contributed by atoms with Crippen LogP contribution in [-0.4, -0.2) is 46.4 Å². The molecule has 4 heterocycles. The fourth-order valence-electron chi connectivity index (χ4n) is 6.32. The lowest BCUT2D eigenvalue weighted by Gasteiger charge is -2.49. The molecule has 1 N–H and O–H groups in total. The average molecular weight is 565 g/mol. The Balaban J connectivity index is 1.61. The molecule has 1 fully saturated rings. The topological polar surface area (TPSA) is 107 Å². The number of imide groups is 1. The predicted molar refractivity (Wildman–Crippen MR) is 153 cm³/mol. The zero-order valence-corrected chi connectivity index (χ0v) is 23.2. The van der Waals surface area contributed by atoms with Crippen LogP contribution in [0.1, 0.15) is 23.6 Å². The summed E-state index contributed by atoms with van der Waals surface area (Å²) < 4.78 is 1.47. The van der Waals surface area contributed by atoms with Crippen LogP contribution in [-0.2, 0) is 20.9 Å². The Morgan fingerprint density at radius 2 is 1.44 bits per heavy atom. The first-order valence-corrected chi connectivity index (χ1v) is 13.8. The van der Waals surface area contributed by atoms with Gasteiger partial charge in [0.1, 0.15) is 4.53 Å². The van der Waals surface area contributed by atoms with Crippen molar-refractivity contribution >= 4 is 40.4 Å². The Bertz CT molecular complexity index is 1970. The number of likely N-dealkylation sites (N-methyl/N-ethyl adjacent to an activating group) is 2. The Morgan fingerprint density at radius 1 is 0.829 bits per heavy atom.